The smallest absolute Gasteiger partial charge is 0.303 e. The first-order valence-electron chi connectivity index (χ1n) is 8.31. The van der Waals surface area contributed by atoms with E-state index in [0.717, 1.165) is 35.0 Å². The minimum absolute atomic E-state index is 0.164. The zero-order valence-corrected chi connectivity index (χ0v) is 15.9. The molecule has 2 aromatic rings. The van der Waals surface area contributed by atoms with Crippen LogP contribution >= 0.6 is 11.5 Å². The molecule has 0 saturated heterocycles. The number of rotatable bonds is 8. The molecule has 0 bridgehead atoms. The van der Waals surface area contributed by atoms with Crippen LogP contribution in [-0.2, 0) is 4.79 Å². The first kappa shape index (κ1) is 19.5. The average Bonchev–Trinajstić information content (AvgIpc) is 2.97. The number of anilines is 1. The van der Waals surface area contributed by atoms with Crippen molar-refractivity contribution in [1.82, 2.24) is 4.37 Å². The Hall–Kier alpha value is -2.79. The zero-order valence-electron chi connectivity index (χ0n) is 15.1. The number of carbonyl (C=O) groups is 1. The van der Waals surface area contributed by atoms with Crippen LogP contribution in [0, 0.1) is 25.2 Å². The summed E-state index contributed by atoms with van der Waals surface area (Å²) in [6.45, 7) is 7.25. The van der Waals surface area contributed by atoms with Crippen LogP contribution in [0.1, 0.15) is 36.6 Å². The lowest BCUT2D eigenvalue weighted by Crippen LogP contribution is -2.24. The van der Waals surface area contributed by atoms with Crippen molar-refractivity contribution in [2.75, 3.05) is 18.0 Å². The maximum absolute atomic E-state index is 10.7. The molecule has 7 nitrogen and oxygen atoms in total. The minimum atomic E-state index is -0.775. The molecule has 1 N–H and O–H groups in total. The standard InChI is InChI=1S/C18H21N5O2S/c1-4-23(9-5-6-17(24)25)14-7-8-16(12(2)10-14)20-21-18-15(11-19)13(3)22-26-18/h7-8,10H,4-6,9H2,1-3H3,(H,24,25). The first-order chi connectivity index (χ1) is 12.5. The maximum atomic E-state index is 10.7. The van der Waals surface area contributed by atoms with Gasteiger partial charge >= 0.3 is 5.97 Å². The molecule has 0 aliphatic heterocycles. The highest BCUT2D eigenvalue weighted by Gasteiger charge is 2.10. The highest BCUT2D eigenvalue weighted by Crippen LogP contribution is 2.31. The molecule has 136 valence electrons. The molecule has 0 fully saturated rings. The summed E-state index contributed by atoms with van der Waals surface area (Å²) in [5.41, 5.74) is 3.84. The Balaban J connectivity index is 2.14. The van der Waals surface area contributed by atoms with Gasteiger partial charge in [0.2, 0.25) is 0 Å². The number of benzene rings is 1. The fourth-order valence-electron chi connectivity index (χ4n) is 2.49. The molecule has 1 aromatic carbocycles. The SMILES string of the molecule is CCN(CCCC(=O)O)c1ccc(N=Nc2snc(C)c2C#N)c(C)c1. The number of azo groups is 1. The van der Waals surface area contributed by atoms with Crippen molar-refractivity contribution >= 4 is 33.9 Å². The lowest BCUT2D eigenvalue weighted by atomic mass is 10.1. The van der Waals surface area contributed by atoms with E-state index < -0.39 is 5.97 Å². The molecule has 0 unspecified atom stereocenters. The van der Waals surface area contributed by atoms with Gasteiger partial charge in [0.25, 0.3) is 0 Å². The summed E-state index contributed by atoms with van der Waals surface area (Å²) < 4.78 is 4.13. The highest BCUT2D eigenvalue weighted by atomic mass is 32.1. The van der Waals surface area contributed by atoms with Gasteiger partial charge in [-0.2, -0.15) is 9.64 Å². The van der Waals surface area contributed by atoms with E-state index in [1.807, 2.05) is 32.0 Å². The zero-order chi connectivity index (χ0) is 19.1. The van der Waals surface area contributed by atoms with Gasteiger partial charge in [-0.1, -0.05) is 0 Å². The molecule has 8 heteroatoms. The first-order valence-corrected chi connectivity index (χ1v) is 9.09. The molecule has 0 saturated carbocycles. The Bertz CT molecular complexity index is 854. The topological polar surface area (TPSA) is 102 Å². The molecule has 0 aliphatic carbocycles. The number of hydrogen-bond donors (Lipinski definition) is 1. The van der Waals surface area contributed by atoms with E-state index in [4.69, 9.17) is 10.4 Å². The molecular formula is C18H21N5O2S. The van der Waals surface area contributed by atoms with Gasteiger partial charge < -0.3 is 10.0 Å². The average molecular weight is 371 g/mol. The van der Waals surface area contributed by atoms with E-state index in [1.54, 1.807) is 6.92 Å². The minimum Gasteiger partial charge on any atom is -0.481 e. The molecule has 0 amide bonds. The normalized spacial score (nSPS) is 10.8. The van der Waals surface area contributed by atoms with E-state index in [2.05, 4.69) is 25.6 Å². The number of hydrogen-bond acceptors (Lipinski definition) is 7. The Labute approximate surface area is 156 Å². The highest BCUT2D eigenvalue weighted by molar-refractivity contribution is 7.10. The summed E-state index contributed by atoms with van der Waals surface area (Å²) in [5.74, 6) is -0.775. The molecule has 26 heavy (non-hydrogen) atoms. The van der Waals surface area contributed by atoms with Crippen molar-refractivity contribution in [3.05, 3.63) is 35.0 Å². The second-order valence-corrected chi connectivity index (χ2v) is 6.56. The van der Waals surface area contributed by atoms with E-state index in [-0.39, 0.29) is 6.42 Å². The third-order valence-corrected chi connectivity index (χ3v) is 4.77. The molecule has 0 atom stereocenters. The third-order valence-electron chi connectivity index (χ3n) is 3.95. The van der Waals surface area contributed by atoms with Crippen LogP contribution in [0.5, 0.6) is 0 Å². The maximum Gasteiger partial charge on any atom is 0.303 e. The van der Waals surface area contributed by atoms with E-state index >= 15 is 0 Å². The van der Waals surface area contributed by atoms with Crippen LogP contribution in [0.25, 0.3) is 0 Å². The summed E-state index contributed by atoms with van der Waals surface area (Å²) in [6.07, 6.45) is 0.766. The van der Waals surface area contributed by atoms with Gasteiger partial charge in [-0.25, -0.2) is 0 Å². The van der Waals surface area contributed by atoms with Crippen molar-refractivity contribution in [1.29, 1.82) is 5.26 Å². The van der Waals surface area contributed by atoms with Crippen LogP contribution in [0.2, 0.25) is 0 Å². The third kappa shape index (κ3) is 4.86. The number of nitriles is 1. The van der Waals surface area contributed by atoms with Gasteiger partial charge in [0.15, 0.2) is 5.00 Å². The summed E-state index contributed by atoms with van der Waals surface area (Å²) in [5, 5.41) is 26.9. The van der Waals surface area contributed by atoms with Crippen LogP contribution < -0.4 is 4.90 Å². The van der Waals surface area contributed by atoms with Gasteiger partial charge in [-0.3, -0.25) is 4.79 Å². The summed E-state index contributed by atoms with van der Waals surface area (Å²) in [4.78, 5) is 12.8. The van der Waals surface area contributed by atoms with Crippen LogP contribution in [-0.4, -0.2) is 28.5 Å². The van der Waals surface area contributed by atoms with E-state index in [0.29, 0.717) is 29.2 Å². The largest absolute Gasteiger partial charge is 0.481 e. The summed E-state index contributed by atoms with van der Waals surface area (Å²) in [6, 6.07) is 7.95. The predicted octanol–water partition coefficient (Wildman–Crippen LogP) is 4.74. The van der Waals surface area contributed by atoms with E-state index in [9.17, 15) is 4.79 Å². The van der Waals surface area contributed by atoms with Crippen molar-refractivity contribution in [3.8, 4) is 6.07 Å². The summed E-state index contributed by atoms with van der Waals surface area (Å²) >= 11 is 1.16. The molecule has 0 radical (unpaired) electrons. The van der Waals surface area contributed by atoms with Crippen molar-refractivity contribution in [2.24, 2.45) is 10.2 Å². The second kappa shape index (κ2) is 9.06. The number of carboxylic acids is 1. The Morgan fingerprint density at radius 2 is 2.15 bits per heavy atom. The van der Waals surface area contributed by atoms with Crippen molar-refractivity contribution in [2.45, 2.75) is 33.6 Å². The predicted molar refractivity (Wildman–Crippen MR) is 102 cm³/mol. The van der Waals surface area contributed by atoms with Gasteiger partial charge in [0.1, 0.15) is 11.6 Å². The molecule has 1 heterocycles. The molecule has 1 aromatic heterocycles. The van der Waals surface area contributed by atoms with Crippen LogP contribution in [0.4, 0.5) is 16.4 Å². The Morgan fingerprint density at radius 1 is 1.38 bits per heavy atom. The quantitative estimate of drug-likeness (QED) is 0.675. The molecule has 2 rings (SSSR count). The van der Waals surface area contributed by atoms with Crippen LogP contribution in [0.3, 0.4) is 0 Å². The molecule has 0 spiro atoms. The monoisotopic (exact) mass is 371 g/mol. The van der Waals surface area contributed by atoms with Gasteiger partial charge in [-0.15, -0.1) is 10.2 Å². The van der Waals surface area contributed by atoms with E-state index in [1.165, 1.54) is 0 Å². The Morgan fingerprint density at radius 3 is 2.77 bits per heavy atom. The molecule has 0 aliphatic rings. The van der Waals surface area contributed by atoms with Crippen molar-refractivity contribution in [3.63, 3.8) is 0 Å². The lowest BCUT2D eigenvalue weighted by molar-refractivity contribution is -0.137. The number of nitrogens with zero attached hydrogens (tertiary/aromatic N) is 5. The summed E-state index contributed by atoms with van der Waals surface area (Å²) in [7, 11) is 0. The van der Waals surface area contributed by atoms with Gasteiger partial charge in [0, 0.05) is 25.2 Å². The van der Waals surface area contributed by atoms with Gasteiger partial charge in [-0.05, 0) is 62.5 Å². The number of aliphatic carboxylic acids is 1. The number of aryl methyl sites for hydroxylation is 2. The fraction of sp³-hybridized carbons (Fsp3) is 0.389. The second-order valence-electron chi connectivity index (χ2n) is 5.81. The number of aromatic nitrogens is 1. The van der Waals surface area contributed by atoms with Crippen LogP contribution in [0.15, 0.2) is 28.4 Å². The fourth-order valence-corrected chi connectivity index (χ4v) is 3.17. The Kier molecular flexibility index (Phi) is 6.81. The van der Waals surface area contributed by atoms with Gasteiger partial charge in [0.05, 0.1) is 11.4 Å². The lowest BCUT2D eigenvalue weighted by Gasteiger charge is -2.23. The number of carboxylic acid groups (broad SMARTS) is 1. The molecular weight excluding hydrogens is 350 g/mol. The van der Waals surface area contributed by atoms with Crippen molar-refractivity contribution < 1.29 is 9.90 Å².